The molecule has 0 N–H and O–H groups in total. The molecule has 0 saturated carbocycles. The molecule has 3 rings (SSSR count). The summed E-state index contributed by atoms with van der Waals surface area (Å²) in [6.45, 7) is 0. The van der Waals surface area contributed by atoms with Gasteiger partial charge in [0, 0.05) is 23.0 Å². The molecule has 3 aliphatic rings. The minimum Gasteiger partial charge on any atom is -0.162 e. The van der Waals surface area contributed by atoms with E-state index in [9.17, 15) is 0 Å². The standard InChI is InChI=1S/2C5H10S.C4H8S2/c2*1-2-4-6-5-3-1;1-2-6-4-3-5-1/h2*1-5H2;1-4H2. The minimum absolute atomic E-state index is 1.38. The van der Waals surface area contributed by atoms with Crippen molar-refractivity contribution in [2.24, 2.45) is 0 Å². The van der Waals surface area contributed by atoms with E-state index in [4.69, 9.17) is 0 Å². The monoisotopic (exact) mass is 324 g/mol. The molecule has 3 heterocycles. The van der Waals surface area contributed by atoms with E-state index in [1.807, 2.05) is 0 Å². The molecule has 4 heteroatoms. The van der Waals surface area contributed by atoms with Gasteiger partial charge in [-0.1, -0.05) is 12.8 Å². The highest BCUT2D eigenvalue weighted by Gasteiger charge is 1.96. The lowest BCUT2D eigenvalue weighted by atomic mass is 10.3. The summed E-state index contributed by atoms with van der Waals surface area (Å²) >= 11 is 8.34. The van der Waals surface area contributed by atoms with Crippen molar-refractivity contribution in [1.82, 2.24) is 0 Å². The molecule has 0 atom stereocenters. The van der Waals surface area contributed by atoms with Crippen molar-refractivity contribution in [2.75, 3.05) is 46.0 Å². The fourth-order valence-corrected chi connectivity index (χ4v) is 6.15. The molecule has 0 nitrogen and oxygen atoms in total. The lowest BCUT2D eigenvalue weighted by Gasteiger charge is -2.05. The number of rotatable bonds is 0. The van der Waals surface area contributed by atoms with E-state index in [1.165, 1.54) is 84.5 Å². The maximum Gasteiger partial charge on any atom is 0.00238 e. The van der Waals surface area contributed by atoms with Gasteiger partial charge in [0.25, 0.3) is 0 Å². The molecule has 0 spiro atoms. The third kappa shape index (κ3) is 12.4. The first-order chi connectivity index (χ1) is 9.00. The van der Waals surface area contributed by atoms with Gasteiger partial charge >= 0.3 is 0 Å². The van der Waals surface area contributed by atoms with Gasteiger partial charge < -0.3 is 0 Å². The normalized spacial score (nSPS) is 24.0. The van der Waals surface area contributed by atoms with E-state index in [2.05, 4.69) is 47.0 Å². The second-order valence-corrected chi connectivity index (χ2v) is 9.47. The molecule has 108 valence electrons. The molecule has 0 aromatic heterocycles. The molecule has 3 aliphatic heterocycles. The molecule has 18 heavy (non-hydrogen) atoms. The molecule has 3 saturated heterocycles. The molecule has 3 fully saturated rings. The first-order valence-electron chi connectivity index (χ1n) is 7.31. The van der Waals surface area contributed by atoms with Gasteiger partial charge in [0.05, 0.1) is 0 Å². The Hall–Kier alpha value is 1.40. The Morgan fingerprint density at radius 3 is 0.667 bits per heavy atom. The van der Waals surface area contributed by atoms with Crippen molar-refractivity contribution in [3.63, 3.8) is 0 Å². The molecule has 0 aliphatic carbocycles. The van der Waals surface area contributed by atoms with E-state index in [0.717, 1.165) is 0 Å². The van der Waals surface area contributed by atoms with E-state index >= 15 is 0 Å². The molecule has 0 aromatic carbocycles. The summed E-state index contributed by atoms with van der Waals surface area (Å²) in [5.74, 6) is 11.2. The summed E-state index contributed by atoms with van der Waals surface area (Å²) in [5, 5.41) is 0. The van der Waals surface area contributed by atoms with Crippen LogP contribution in [0.15, 0.2) is 0 Å². The van der Waals surface area contributed by atoms with Crippen molar-refractivity contribution in [3.8, 4) is 0 Å². The Morgan fingerprint density at radius 1 is 0.278 bits per heavy atom. The van der Waals surface area contributed by atoms with Crippen LogP contribution in [-0.4, -0.2) is 46.0 Å². The van der Waals surface area contributed by atoms with Gasteiger partial charge in [-0.05, 0) is 48.7 Å². The molecular weight excluding hydrogens is 296 g/mol. The molecule has 0 radical (unpaired) electrons. The molecule has 0 bridgehead atoms. The summed E-state index contributed by atoms with van der Waals surface area (Å²) in [7, 11) is 0. The summed E-state index contributed by atoms with van der Waals surface area (Å²) in [5.41, 5.74) is 0. The van der Waals surface area contributed by atoms with Gasteiger partial charge in [0.2, 0.25) is 0 Å². The zero-order valence-corrected chi connectivity index (χ0v) is 14.8. The zero-order valence-electron chi connectivity index (χ0n) is 11.5. The van der Waals surface area contributed by atoms with Crippen molar-refractivity contribution in [2.45, 2.75) is 38.5 Å². The molecule has 0 aromatic rings. The average Bonchev–Trinajstić information content (AvgIpc) is 2.54. The smallest absolute Gasteiger partial charge is 0.00238 e. The maximum atomic E-state index is 2.09. The van der Waals surface area contributed by atoms with Gasteiger partial charge in [0.15, 0.2) is 0 Å². The molecule has 0 amide bonds. The van der Waals surface area contributed by atoms with Crippen LogP contribution in [-0.2, 0) is 0 Å². The Kier molecular flexibility index (Phi) is 14.4. The summed E-state index contributed by atoms with van der Waals surface area (Å²) < 4.78 is 0. The van der Waals surface area contributed by atoms with Gasteiger partial charge in [-0.15, -0.1) is 0 Å². The Morgan fingerprint density at radius 2 is 0.556 bits per heavy atom. The van der Waals surface area contributed by atoms with Crippen molar-refractivity contribution < 1.29 is 0 Å². The topological polar surface area (TPSA) is 0 Å². The highest BCUT2D eigenvalue weighted by atomic mass is 32.2. The second kappa shape index (κ2) is 14.8. The highest BCUT2D eigenvalue weighted by Crippen LogP contribution is 2.15. The first-order valence-corrected chi connectivity index (χ1v) is 11.9. The quantitative estimate of drug-likeness (QED) is 0.594. The van der Waals surface area contributed by atoms with Crippen molar-refractivity contribution in [3.05, 3.63) is 0 Å². The maximum absolute atomic E-state index is 2.09. The van der Waals surface area contributed by atoms with Gasteiger partial charge in [-0.3, -0.25) is 0 Å². The minimum atomic E-state index is 1.38. The predicted octanol–water partition coefficient (Wildman–Crippen LogP) is 5.27. The fourth-order valence-electron chi connectivity index (χ4n) is 1.81. The third-order valence-corrected chi connectivity index (χ3v) is 7.70. The fraction of sp³-hybridized carbons (Fsp3) is 1.00. The summed E-state index contributed by atoms with van der Waals surface area (Å²) in [6.07, 6.45) is 8.81. The van der Waals surface area contributed by atoms with Crippen LogP contribution in [0, 0.1) is 0 Å². The van der Waals surface area contributed by atoms with Gasteiger partial charge in [-0.2, -0.15) is 47.0 Å². The van der Waals surface area contributed by atoms with E-state index in [-0.39, 0.29) is 0 Å². The van der Waals surface area contributed by atoms with Crippen molar-refractivity contribution >= 4 is 47.0 Å². The van der Waals surface area contributed by atoms with Gasteiger partial charge in [-0.25, -0.2) is 0 Å². The van der Waals surface area contributed by atoms with E-state index in [1.54, 1.807) is 0 Å². The first kappa shape index (κ1) is 17.5. The van der Waals surface area contributed by atoms with Crippen LogP contribution < -0.4 is 0 Å². The third-order valence-electron chi connectivity index (χ3n) is 2.90. The summed E-state index contributed by atoms with van der Waals surface area (Å²) in [6, 6.07) is 0. The molecule has 0 unspecified atom stereocenters. The Bertz CT molecular complexity index is 88.8. The van der Waals surface area contributed by atoms with Crippen LogP contribution >= 0.6 is 47.0 Å². The largest absolute Gasteiger partial charge is 0.162 e. The summed E-state index contributed by atoms with van der Waals surface area (Å²) in [4.78, 5) is 0. The van der Waals surface area contributed by atoms with Gasteiger partial charge in [0.1, 0.15) is 0 Å². The lowest BCUT2D eigenvalue weighted by Crippen LogP contribution is -1.97. The number of thioether (sulfide) groups is 4. The number of hydrogen-bond acceptors (Lipinski definition) is 4. The predicted molar refractivity (Wildman–Crippen MR) is 97.0 cm³/mol. The van der Waals surface area contributed by atoms with Crippen molar-refractivity contribution in [1.29, 1.82) is 0 Å². The van der Waals surface area contributed by atoms with Crippen LogP contribution in [0.2, 0.25) is 0 Å². The van der Waals surface area contributed by atoms with Crippen LogP contribution in [0.3, 0.4) is 0 Å². The van der Waals surface area contributed by atoms with E-state index in [0.29, 0.717) is 0 Å². The SMILES string of the molecule is C1CCSCC1.C1CCSCC1.C1CSCCS1. The van der Waals surface area contributed by atoms with Crippen LogP contribution in [0.1, 0.15) is 38.5 Å². The highest BCUT2D eigenvalue weighted by molar-refractivity contribution is 8.06. The van der Waals surface area contributed by atoms with Crippen LogP contribution in [0.4, 0.5) is 0 Å². The molecular formula is C14H28S4. The second-order valence-electron chi connectivity index (χ2n) is 4.57. The Labute approximate surface area is 131 Å². The zero-order chi connectivity index (χ0) is 12.7. The van der Waals surface area contributed by atoms with Crippen LogP contribution in [0.25, 0.3) is 0 Å². The average molecular weight is 325 g/mol. The lowest BCUT2D eigenvalue weighted by molar-refractivity contribution is 0.764. The van der Waals surface area contributed by atoms with Crippen LogP contribution in [0.5, 0.6) is 0 Å². The number of hydrogen-bond donors (Lipinski definition) is 0. The van der Waals surface area contributed by atoms with E-state index < -0.39 is 0 Å². The Balaban J connectivity index is 0.000000135.